The lowest BCUT2D eigenvalue weighted by Gasteiger charge is -2.29. The summed E-state index contributed by atoms with van der Waals surface area (Å²) in [6.45, 7) is 0. The molecule has 1 amide bonds. The second kappa shape index (κ2) is 6.73. The van der Waals surface area contributed by atoms with Crippen LogP contribution >= 0.6 is 11.8 Å². The van der Waals surface area contributed by atoms with Crippen molar-refractivity contribution in [3.63, 3.8) is 0 Å². The first-order valence-electron chi connectivity index (χ1n) is 6.91. The van der Waals surface area contributed by atoms with Gasteiger partial charge in [-0.15, -0.1) is 0 Å². The van der Waals surface area contributed by atoms with Gasteiger partial charge in [-0.3, -0.25) is 4.79 Å². The van der Waals surface area contributed by atoms with Crippen LogP contribution in [0.1, 0.15) is 41.6 Å². The highest BCUT2D eigenvalue weighted by atomic mass is 32.2. The van der Waals surface area contributed by atoms with Crippen LogP contribution in [0, 0.1) is 0 Å². The van der Waals surface area contributed by atoms with E-state index >= 15 is 0 Å². The zero-order valence-corrected chi connectivity index (χ0v) is 12.6. The fourth-order valence-electron chi connectivity index (χ4n) is 2.68. The van der Waals surface area contributed by atoms with Gasteiger partial charge in [-0.25, -0.2) is 0 Å². The number of thioether (sulfide) groups is 1. The van der Waals surface area contributed by atoms with Gasteiger partial charge in [0, 0.05) is 11.3 Å². The van der Waals surface area contributed by atoms with Crippen molar-refractivity contribution in [3.05, 3.63) is 35.4 Å². The molecule has 0 heterocycles. The molecule has 6 heteroatoms. The van der Waals surface area contributed by atoms with E-state index in [0.29, 0.717) is 5.25 Å². The van der Waals surface area contributed by atoms with Gasteiger partial charge in [-0.2, -0.15) is 24.9 Å². The maximum Gasteiger partial charge on any atom is 0.417 e. The van der Waals surface area contributed by atoms with Gasteiger partial charge in [-0.05, 0) is 37.7 Å². The lowest BCUT2D eigenvalue weighted by atomic mass is 9.94. The van der Waals surface area contributed by atoms with Crippen molar-refractivity contribution in [2.24, 2.45) is 0 Å². The van der Waals surface area contributed by atoms with Crippen molar-refractivity contribution in [1.29, 1.82) is 0 Å². The highest BCUT2D eigenvalue weighted by Crippen LogP contribution is 2.32. The number of benzene rings is 1. The van der Waals surface area contributed by atoms with Gasteiger partial charge in [-0.1, -0.05) is 18.6 Å². The molecule has 0 saturated heterocycles. The van der Waals surface area contributed by atoms with Crippen LogP contribution in [0.15, 0.2) is 24.3 Å². The first kappa shape index (κ1) is 16.2. The highest BCUT2D eigenvalue weighted by Gasteiger charge is 2.35. The zero-order valence-electron chi connectivity index (χ0n) is 11.7. The van der Waals surface area contributed by atoms with Gasteiger partial charge in [0.1, 0.15) is 0 Å². The molecule has 0 spiro atoms. The topological polar surface area (TPSA) is 29.1 Å². The van der Waals surface area contributed by atoms with Gasteiger partial charge in [0.15, 0.2) is 0 Å². The number of alkyl halides is 3. The predicted molar refractivity (Wildman–Crippen MR) is 78.5 cm³/mol. The van der Waals surface area contributed by atoms with Crippen molar-refractivity contribution in [3.8, 4) is 0 Å². The molecule has 0 bridgehead atoms. The van der Waals surface area contributed by atoms with E-state index in [-0.39, 0.29) is 11.6 Å². The van der Waals surface area contributed by atoms with E-state index in [4.69, 9.17) is 0 Å². The summed E-state index contributed by atoms with van der Waals surface area (Å²) in [5, 5.41) is 3.23. The lowest BCUT2D eigenvalue weighted by molar-refractivity contribution is -0.137. The summed E-state index contributed by atoms with van der Waals surface area (Å²) in [6.07, 6.45) is 1.26. The average Bonchev–Trinajstić information content (AvgIpc) is 2.46. The molecule has 116 valence electrons. The smallest absolute Gasteiger partial charge is 0.349 e. The summed E-state index contributed by atoms with van der Waals surface area (Å²) in [4.78, 5) is 12.2. The monoisotopic (exact) mass is 317 g/mol. The number of rotatable bonds is 3. The SMILES string of the molecule is CS[C@@H]1CCC[C@@H](NC(=O)c2ccccc2C(F)(F)F)C1. The Bertz CT molecular complexity index is 504. The Hall–Kier alpha value is -1.17. The second-order valence-corrected chi connectivity index (χ2v) is 6.38. The molecule has 0 radical (unpaired) electrons. The van der Waals surface area contributed by atoms with E-state index in [1.807, 2.05) is 6.26 Å². The van der Waals surface area contributed by atoms with E-state index in [1.54, 1.807) is 11.8 Å². The molecule has 1 aromatic rings. The first-order valence-corrected chi connectivity index (χ1v) is 8.20. The molecular weight excluding hydrogens is 299 g/mol. The van der Waals surface area contributed by atoms with Gasteiger partial charge >= 0.3 is 6.18 Å². The van der Waals surface area contributed by atoms with Crippen LogP contribution in [0.3, 0.4) is 0 Å². The van der Waals surface area contributed by atoms with E-state index < -0.39 is 17.6 Å². The summed E-state index contributed by atoms with van der Waals surface area (Å²) < 4.78 is 38.8. The molecule has 0 aromatic heterocycles. The van der Waals surface area contributed by atoms with Gasteiger partial charge in [0.25, 0.3) is 5.91 Å². The van der Waals surface area contributed by atoms with E-state index in [9.17, 15) is 18.0 Å². The molecule has 1 aliphatic rings. The summed E-state index contributed by atoms with van der Waals surface area (Å²) >= 11 is 1.75. The number of nitrogens with one attached hydrogen (secondary N) is 1. The van der Waals surface area contributed by atoms with E-state index in [1.165, 1.54) is 18.2 Å². The molecule has 1 aliphatic carbocycles. The summed E-state index contributed by atoms with van der Waals surface area (Å²) in [5.74, 6) is -0.630. The number of hydrogen-bond acceptors (Lipinski definition) is 2. The largest absolute Gasteiger partial charge is 0.417 e. The van der Waals surface area contributed by atoms with Gasteiger partial charge in [0.2, 0.25) is 0 Å². The van der Waals surface area contributed by atoms with Gasteiger partial charge < -0.3 is 5.32 Å². The van der Waals surface area contributed by atoms with Crippen LogP contribution in [-0.4, -0.2) is 23.5 Å². The molecule has 0 aliphatic heterocycles. The van der Waals surface area contributed by atoms with Crippen molar-refractivity contribution < 1.29 is 18.0 Å². The first-order chi connectivity index (χ1) is 9.91. The minimum absolute atomic E-state index is 0.0370. The molecule has 21 heavy (non-hydrogen) atoms. The standard InChI is InChI=1S/C15H18F3NOS/c1-21-11-6-4-5-10(9-11)19-14(20)12-7-2-3-8-13(12)15(16,17)18/h2-3,7-8,10-11H,4-6,9H2,1H3,(H,19,20)/t10-,11-/m1/s1. The fourth-order valence-corrected chi connectivity index (χ4v) is 3.51. The normalized spacial score (nSPS) is 22.9. The Morgan fingerprint density at radius 2 is 2.00 bits per heavy atom. The third-order valence-electron chi connectivity index (χ3n) is 3.77. The maximum atomic E-state index is 12.9. The van der Waals surface area contributed by atoms with Crippen molar-refractivity contribution in [2.75, 3.05) is 6.26 Å². The van der Waals surface area contributed by atoms with Crippen LogP contribution in [0.2, 0.25) is 0 Å². The number of hydrogen-bond donors (Lipinski definition) is 1. The maximum absolute atomic E-state index is 12.9. The Kier molecular flexibility index (Phi) is 5.19. The van der Waals surface area contributed by atoms with Crippen molar-refractivity contribution in [1.82, 2.24) is 5.32 Å². The molecule has 2 rings (SSSR count). The van der Waals surface area contributed by atoms with Crippen molar-refractivity contribution >= 4 is 17.7 Å². The Morgan fingerprint density at radius 3 is 2.67 bits per heavy atom. The fraction of sp³-hybridized carbons (Fsp3) is 0.533. The Labute approximate surface area is 126 Å². The molecule has 1 saturated carbocycles. The van der Waals surface area contributed by atoms with Crippen molar-refractivity contribution in [2.45, 2.75) is 43.2 Å². The number of halogens is 3. The molecule has 2 nitrogen and oxygen atoms in total. The third kappa shape index (κ3) is 4.15. The molecule has 1 aromatic carbocycles. The van der Waals surface area contributed by atoms with Crippen LogP contribution in [-0.2, 0) is 6.18 Å². The quantitative estimate of drug-likeness (QED) is 0.909. The predicted octanol–water partition coefficient (Wildman–Crippen LogP) is 4.11. The minimum atomic E-state index is -4.51. The lowest BCUT2D eigenvalue weighted by Crippen LogP contribution is -2.39. The third-order valence-corrected chi connectivity index (χ3v) is 4.87. The number of carbonyl (C=O) groups is 1. The van der Waals surface area contributed by atoms with Gasteiger partial charge in [0.05, 0.1) is 11.1 Å². The number of amides is 1. The Morgan fingerprint density at radius 1 is 1.29 bits per heavy atom. The molecule has 1 fully saturated rings. The Balaban J connectivity index is 2.10. The molecule has 1 N–H and O–H groups in total. The summed E-state index contributed by atoms with van der Waals surface area (Å²) in [6, 6.07) is 4.89. The van der Waals surface area contributed by atoms with E-state index in [0.717, 1.165) is 31.7 Å². The van der Waals surface area contributed by atoms with Crippen LogP contribution in [0.5, 0.6) is 0 Å². The average molecular weight is 317 g/mol. The highest BCUT2D eigenvalue weighted by molar-refractivity contribution is 7.99. The summed E-state index contributed by atoms with van der Waals surface area (Å²) in [7, 11) is 0. The van der Waals surface area contributed by atoms with Crippen LogP contribution in [0.25, 0.3) is 0 Å². The molecule has 0 unspecified atom stereocenters. The molecule has 2 atom stereocenters. The summed E-state index contributed by atoms with van der Waals surface area (Å²) in [5.41, 5.74) is -1.17. The second-order valence-electron chi connectivity index (χ2n) is 5.24. The molecular formula is C15H18F3NOS. The van der Waals surface area contributed by atoms with Crippen LogP contribution in [0.4, 0.5) is 13.2 Å². The minimum Gasteiger partial charge on any atom is -0.349 e. The van der Waals surface area contributed by atoms with Crippen LogP contribution < -0.4 is 5.32 Å². The van der Waals surface area contributed by atoms with E-state index in [2.05, 4.69) is 5.32 Å². The number of carbonyl (C=O) groups excluding carboxylic acids is 1. The zero-order chi connectivity index (χ0) is 15.5.